The van der Waals surface area contributed by atoms with Crippen molar-refractivity contribution >= 4 is 5.71 Å². The van der Waals surface area contributed by atoms with E-state index in [0.29, 0.717) is 5.92 Å². The summed E-state index contributed by atoms with van der Waals surface area (Å²) in [5.74, 6) is 0.380. The smallest absolute Gasteiger partial charge is 0.129 e. The Hall–Kier alpha value is -1.37. The van der Waals surface area contributed by atoms with Gasteiger partial charge in [-0.1, -0.05) is 43.3 Å². The fraction of sp³-hybridized carbons (Fsp3) is 0.308. The van der Waals surface area contributed by atoms with Crippen LogP contribution >= 0.6 is 0 Å². The minimum atomic E-state index is -0.0665. The van der Waals surface area contributed by atoms with Crippen molar-refractivity contribution in [1.29, 1.82) is 0 Å². The fourth-order valence-corrected chi connectivity index (χ4v) is 2.07. The lowest BCUT2D eigenvalue weighted by atomic mass is 9.83. The molecule has 0 spiro atoms. The van der Waals surface area contributed by atoms with Crippen LogP contribution in [0.2, 0.25) is 0 Å². The second kappa shape index (κ2) is 3.09. The molecule has 1 aromatic carbocycles. The van der Waals surface area contributed by atoms with Crippen molar-refractivity contribution in [3.8, 4) is 0 Å². The van der Waals surface area contributed by atoms with Crippen molar-refractivity contribution in [3.63, 3.8) is 0 Å². The molecule has 0 amide bonds. The van der Waals surface area contributed by atoms with Crippen molar-refractivity contribution in [1.82, 2.24) is 0 Å². The average molecular weight is 185 g/mol. The lowest BCUT2D eigenvalue weighted by Crippen LogP contribution is -2.22. The molecule has 0 bridgehead atoms. The fourth-order valence-electron chi connectivity index (χ4n) is 2.07. The monoisotopic (exact) mass is 185 g/mol. The summed E-state index contributed by atoms with van der Waals surface area (Å²) in [4.78, 5) is 4.57. The van der Waals surface area contributed by atoms with E-state index in [1.54, 1.807) is 0 Å². The maximum atomic E-state index is 4.57. The minimum absolute atomic E-state index is 0.0665. The van der Waals surface area contributed by atoms with E-state index >= 15 is 0 Å². The summed E-state index contributed by atoms with van der Waals surface area (Å²) in [6, 6.07) is 10.4. The maximum absolute atomic E-state index is 4.57. The summed E-state index contributed by atoms with van der Waals surface area (Å²) >= 11 is 0. The first kappa shape index (κ1) is 9.20. The Bertz CT molecular complexity index is 377. The van der Waals surface area contributed by atoms with E-state index in [9.17, 15) is 0 Å². The molecule has 2 unspecified atom stereocenters. The molecule has 0 saturated carbocycles. The van der Waals surface area contributed by atoms with Gasteiger partial charge in [0.25, 0.3) is 0 Å². The van der Waals surface area contributed by atoms with Gasteiger partial charge in [-0.05, 0) is 12.5 Å². The van der Waals surface area contributed by atoms with Gasteiger partial charge < -0.3 is 0 Å². The Morgan fingerprint density at radius 3 is 2.36 bits per heavy atom. The summed E-state index contributed by atoms with van der Waals surface area (Å²) in [6.07, 6.45) is 1.98. The van der Waals surface area contributed by atoms with Crippen LogP contribution in [0.5, 0.6) is 0 Å². The SMILES string of the molecule is C=CC(C)C1(c2ccccc2)N=C1C. The van der Waals surface area contributed by atoms with Crippen molar-refractivity contribution < 1.29 is 0 Å². The average Bonchev–Trinajstić information content (AvgIpc) is 2.92. The van der Waals surface area contributed by atoms with Crippen LogP contribution in [0.3, 0.4) is 0 Å². The first-order valence-corrected chi connectivity index (χ1v) is 4.97. The van der Waals surface area contributed by atoms with Crippen molar-refractivity contribution in [2.75, 3.05) is 0 Å². The van der Waals surface area contributed by atoms with Crippen LogP contribution in [0.15, 0.2) is 48.0 Å². The molecule has 14 heavy (non-hydrogen) atoms. The number of aliphatic imine (C=N–C) groups is 1. The molecular formula is C13H15N. The Morgan fingerprint density at radius 2 is 1.93 bits per heavy atom. The number of hydrogen-bond donors (Lipinski definition) is 0. The summed E-state index contributed by atoms with van der Waals surface area (Å²) in [7, 11) is 0. The topological polar surface area (TPSA) is 12.4 Å². The molecule has 1 aliphatic rings. The third kappa shape index (κ3) is 1.12. The molecule has 1 aliphatic heterocycles. The van der Waals surface area contributed by atoms with E-state index in [1.807, 2.05) is 12.1 Å². The van der Waals surface area contributed by atoms with Gasteiger partial charge in [-0.3, -0.25) is 4.99 Å². The van der Waals surface area contributed by atoms with E-state index in [4.69, 9.17) is 0 Å². The molecule has 0 saturated heterocycles. The normalized spacial score (nSPS) is 26.6. The third-order valence-corrected chi connectivity index (χ3v) is 3.07. The maximum Gasteiger partial charge on any atom is 0.129 e. The molecule has 2 atom stereocenters. The zero-order valence-electron chi connectivity index (χ0n) is 8.70. The Balaban J connectivity index is 2.37. The molecule has 1 heterocycles. The van der Waals surface area contributed by atoms with Gasteiger partial charge in [0.1, 0.15) is 5.54 Å². The Kier molecular flexibility index (Phi) is 2.03. The zero-order chi connectivity index (χ0) is 10.2. The van der Waals surface area contributed by atoms with Crippen molar-refractivity contribution in [2.24, 2.45) is 10.9 Å². The number of benzene rings is 1. The second-order valence-electron chi connectivity index (χ2n) is 3.85. The van der Waals surface area contributed by atoms with Crippen LogP contribution in [0, 0.1) is 5.92 Å². The number of nitrogens with zero attached hydrogens (tertiary/aromatic N) is 1. The van der Waals surface area contributed by atoms with Gasteiger partial charge in [-0.15, -0.1) is 6.58 Å². The van der Waals surface area contributed by atoms with E-state index in [0.717, 1.165) is 0 Å². The van der Waals surface area contributed by atoms with Gasteiger partial charge in [0, 0.05) is 11.6 Å². The predicted octanol–water partition coefficient (Wildman–Crippen LogP) is 3.18. The molecule has 0 N–H and O–H groups in total. The standard InChI is InChI=1S/C13H15N/c1-4-10(2)13(11(3)14-13)12-8-6-5-7-9-12/h4-10H,1H2,2-3H3. The molecule has 1 aromatic rings. The van der Waals surface area contributed by atoms with Gasteiger partial charge in [0.15, 0.2) is 0 Å². The van der Waals surface area contributed by atoms with Crippen molar-refractivity contribution in [3.05, 3.63) is 48.6 Å². The zero-order valence-corrected chi connectivity index (χ0v) is 8.70. The van der Waals surface area contributed by atoms with Gasteiger partial charge in [0.05, 0.1) is 0 Å². The Labute approximate surface area is 85.2 Å². The van der Waals surface area contributed by atoms with Gasteiger partial charge in [-0.2, -0.15) is 0 Å². The van der Waals surface area contributed by atoms with Crippen LogP contribution in [0.25, 0.3) is 0 Å². The van der Waals surface area contributed by atoms with Crippen molar-refractivity contribution in [2.45, 2.75) is 19.4 Å². The molecule has 72 valence electrons. The first-order chi connectivity index (χ1) is 6.71. The molecular weight excluding hydrogens is 170 g/mol. The highest BCUT2D eigenvalue weighted by Gasteiger charge is 2.48. The largest absolute Gasteiger partial charge is 0.273 e. The molecule has 0 aliphatic carbocycles. The number of rotatable bonds is 3. The molecule has 0 fully saturated rings. The van der Waals surface area contributed by atoms with Crippen LogP contribution in [-0.2, 0) is 5.54 Å². The highest BCUT2D eigenvalue weighted by molar-refractivity contribution is 6.04. The lowest BCUT2D eigenvalue weighted by molar-refractivity contribution is 0.547. The summed E-state index contributed by atoms with van der Waals surface area (Å²) in [6.45, 7) is 8.11. The van der Waals surface area contributed by atoms with Crippen LogP contribution < -0.4 is 0 Å². The number of hydrogen-bond acceptors (Lipinski definition) is 1. The van der Waals surface area contributed by atoms with Crippen LogP contribution in [0.4, 0.5) is 0 Å². The highest BCUT2D eigenvalue weighted by atomic mass is 15.1. The predicted molar refractivity (Wildman–Crippen MR) is 60.6 cm³/mol. The minimum Gasteiger partial charge on any atom is -0.273 e. The van der Waals surface area contributed by atoms with E-state index in [-0.39, 0.29) is 5.54 Å². The summed E-state index contributed by atoms with van der Waals surface area (Å²) in [5.41, 5.74) is 2.43. The highest BCUT2D eigenvalue weighted by Crippen LogP contribution is 2.45. The molecule has 1 heteroatoms. The first-order valence-electron chi connectivity index (χ1n) is 4.97. The molecule has 0 radical (unpaired) electrons. The third-order valence-electron chi connectivity index (χ3n) is 3.07. The second-order valence-corrected chi connectivity index (χ2v) is 3.85. The summed E-state index contributed by atoms with van der Waals surface area (Å²) in [5, 5.41) is 0. The van der Waals surface area contributed by atoms with Crippen LogP contribution in [-0.4, -0.2) is 5.71 Å². The van der Waals surface area contributed by atoms with Gasteiger partial charge in [-0.25, -0.2) is 0 Å². The Morgan fingerprint density at radius 1 is 1.36 bits per heavy atom. The molecule has 1 nitrogen and oxygen atoms in total. The van der Waals surface area contributed by atoms with E-state index in [2.05, 4.69) is 49.7 Å². The quantitative estimate of drug-likeness (QED) is 0.641. The van der Waals surface area contributed by atoms with Crippen LogP contribution in [0.1, 0.15) is 19.4 Å². The molecule has 0 aromatic heterocycles. The summed E-state index contributed by atoms with van der Waals surface area (Å²) < 4.78 is 0. The van der Waals surface area contributed by atoms with Gasteiger partial charge in [0.2, 0.25) is 0 Å². The van der Waals surface area contributed by atoms with Gasteiger partial charge >= 0.3 is 0 Å². The lowest BCUT2D eigenvalue weighted by Gasteiger charge is -2.20. The van der Waals surface area contributed by atoms with E-state index < -0.39 is 0 Å². The van der Waals surface area contributed by atoms with E-state index in [1.165, 1.54) is 11.3 Å². The molecule has 2 rings (SSSR count).